The number of anilines is 2. The highest BCUT2D eigenvalue weighted by Gasteiger charge is 2.31. The lowest BCUT2D eigenvalue weighted by Crippen LogP contribution is -2.39. The van der Waals surface area contributed by atoms with Crippen molar-refractivity contribution in [3.63, 3.8) is 0 Å². The van der Waals surface area contributed by atoms with Crippen molar-refractivity contribution in [2.24, 2.45) is 7.05 Å². The molecule has 0 radical (unpaired) electrons. The van der Waals surface area contributed by atoms with Crippen molar-refractivity contribution in [2.75, 3.05) is 44.2 Å². The molecule has 3 heterocycles. The van der Waals surface area contributed by atoms with Gasteiger partial charge in [0.05, 0.1) is 60.0 Å². The van der Waals surface area contributed by atoms with E-state index in [1.807, 2.05) is 31.3 Å². The molecule has 0 spiro atoms. The Labute approximate surface area is 168 Å². The number of likely N-dealkylation sites (N-methyl/N-ethyl adjacent to an activating group) is 1. The van der Waals surface area contributed by atoms with Crippen LogP contribution < -0.4 is 19.3 Å². The van der Waals surface area contributed by atoms with Crippen molar-refractivity contribution in [1.82, 2.24) is 14.8 Å². The molecule has 0 fully saturated rings. The summed E-state index contributed by atoms with van der Waals surface area (Å²) in [5, 5.41) is 15.0. The van der Waals surface area contributed by atoms with Crippen LogP contribution in [0.3, 0.4) is 0 Å². The number of aryl methyl sites for hydroxylation is 1. The zero-order chi connectivity index (χ0) is 20.7. The van der Waals surface area contributed by atoms with Gasteiger partial charge in [-0.25, -0.2) is 0 Å². The third-order valence-electron chi connectivity index (χ3n) is 5.31. The summed E-state index contributed by atoms with van der Waals surface area (Å²) in [6.07, 6.45) is 6.01. The van der Waals surface area contributed by atoms with Crippen LogP contribution in [0.1, 0.15) is 0 Å². The van der Waals surface area contributed by atoms with Gasteiger partial charge in [0.15, 0.2) is 0 Å². The van der Waals surface area contributed by atoms with E-state index < -0.39 is 0 Å². The molecule has 2 aromatic heterocycles. The van der Waals surface area contributed by atoms with Crippen LogP contribution in [-0.4, -0.2) is 66.7 Å². The van der Waals surface area contributed by atoms with E-state index >= 15 is 0 Å². The quantitative estimate of drug-likeness (QED) is 0.651. The lowest BCUT2D eigenvalue weighted by atomic mass is 10.0. The van der Waals surface area contributed by atoms with Gasteiger partial charge in [-0.15, -0.1) is 0 Å². The molecule has 1 unspecified atom stereocenters. The number of pyridine rings is 1. The maximum Gasteiger partial charge on any atom is 0.213 e. The molecule has 9 nitrogen and oxygen atoms in total. The highest BCUT2D eigenvalue weighted by Crippen LogP contribution is 2.50. The largest absolute Gasteiger partial charge is 0.496 e. The molecule has 4 rings (SSSR count). The van der Waals surface area contributed by atoms with Gasteiger partial charge in [0.1, 0.15) is 18.1 Å². The summed E-state index contributed by atoms with van der Waals surface area (Å²) in [6, 6.07) is 1.56. The Bertz CT molecular complexity index is 1080. The second-order valence-electron chi connectivity index (χ2n) is 7.05. The van der Waals surface area contributed by atoms with E-state index in [1.54, 1.807) is 31.2 Å². The van der Waals surface area contributed by atoms with Crippen LogP contribution in [0.15, 0.2) is 24.7 Å². The molecule has 1 amide bonds. The Hall–Kier alpha value is -3.33. The number of aliphatic hydroxyl groups excluding tert-OH is 1. The molecule has 1 aliphatic rings. The molecule has 0 saturated carbocycles. The summed E-state index contributed by atoms with van der Waals surface area (Å²) in [6.45, 7) is 0.166. The first-order valence-corrected chi connectivity index (χ1v) is 9.17. The Kier molecular flexibility index (Phi) is 4.75. The van der Waals surface area contributed by atoms with E-state index in [4.69, 9.17) is 9.47 Å². The van der Waals surface area contributed by atoms with E-state index in [9.17, 15) is 9.90 Å². The average Bonchev–Trinajstić information content (AvgIpc) is 3.10. The van der Waals surface area contributed by atoms with Gasteiger partial charge in [-0.3, -0.25) is 14.5 Å². The van der Waals surface area contributed by atoms with E-state index in [0.29, 0.717) is 22.7 Å². The molecule has 29 heavy (non-hydrogen) atoms. The smallest absolute Gasteiger partial charge is 0.213 e. The fraction of sp³-hybridized carbons (Fsp3) is 0.350. The lowest BCUT2D eigenvalue weighted by Gasteiger charge is -2.29. The Balaban J connectivity index is 2.13. The summed E-state index contributed by atoms with van der Waals surface area (Å²) in [5.74, 6) is 1.21. The minimum Gasteiger partial charge on any atom is -0.496 e. The normalized spacial score (nSPS) is 15.8. The van der Waals surface area contributed by atoms with Gasteiger partial charge >= 0.3 is 0 Å². The van der Waals surface area contributed by atoms with Gasteiger partial charge in [0, 0.05) is 39.0 Å². The number of ether oxygens (including phenoxy) is 2. The van der Waals surface area contributed by atoms with E-state index in [1.165, 1.54) is 4.90 Å². The fourth-order valence-corrected chi connectivity index (χ4v) is 3.72. The van der Waals surface area contributed by atoms with Crippen molar-refractivity contribution in [1.29, 1.82) is 0 Å². The van der Waals surface area contributed by atoms with Crippen LogP contribution in [0, 0.1) is 0 Å². The van der Waals surface area contributed by atoms with Gasteiger partial charge in [-0.2, -0.15) is 5.10 Å². The minimum atomic E-state index is -0.292. The number of carbonyl (C=O) groups excluding carboxylic acids is 1. The summed E-state index contributed by atoms with van der Waals surface area (Å²) in [4.78, 5) is 19.5. The molecule has 0 aliphatic carbocycles. The van der Waals surface area contributed by atoms with Crippen molar-refractivity contribution >= 4 is 28.7 Å². The monoisotopic (exact) mass is 397 g/mol. The molecule has 152 valence electrons. The van der Waals surface area contributed by atoms with Crippen LogP contribution in [0.4, 0.5) is 11.4 Å². The molecule has 0 saturated heterocycles. The highest BCUT2D eigenvalue weighted by atomic mass is 16.5. The molecule has 0 bridgehead atoms. The van der Waals surface area contributed by atoms with E-state index in [0.717, 1.165) is 28.6 Å². The highest BCUT2D eigenvalue weighted by molar-refractivity contribution is 6.08. The third kappa shape index (κ3) is 2.94. The summed E-state index contributed by atoms with van der Waals surface area (Å²) in [5.41, 5.74) is 3.67. The number of rotatable bonds is 5. The number of methoxy groups -OCH3 is 1. The van der Waals surface area contributed by atoms with Crippen LogP contribution in [0.2, 0.25) is 0 Å². The first kappa shape index (κ1) is 19.0. The number of nitrogens with zero attached hydrogens (tertiary/aromatic N) is 5. The average molecular weight is 397 g/mol. The predicted octanol–water partition coefficient (Wildman–Crippen LogP) is 1.43. The lowest BCUT2D eigenvalue weighted by molar-refractivity contribution is -0.107. The standard InChI is InChI=1S/C20H23N5O4/c1-23(11-27)15-7-21-14-5-16(28-4)17(12-6-22-24(2)8-12)20-18(14)19(15)25(3)13(9-26)10-29-20/h5-8,11,13,26H,9-10H2,1-4H3. The zero-order valence-electron chi connectivity index (χ0n) is 16.8. The maximum atomic E-state index is 11.5. The molecule has 9 heteroatoms. The molecule has 3 aromatic rings. The summed E-state index contributed by atoms with van der Waals surface area (Å²) >= 11 is 0. The molecule has 1 atom stereocenters. The molecule has 1 aromatic carbocycles. The van der Waals surface area contributed by atoms with Gasteiger partial charge in [-0.05, 0) is 0 Å². The summed E-state index contributed by atoms with van der Waals surface area (Å²) < 4.78 is 13.6. The van der Waals surface area contributed by atoms with Crippen LogP contribution in [-0.2, 0) is 11.8 Å². The van der Waals surface area contributed by atoms with Gasteiger partial charge in [0.2, 0.25) is 6.41 Å². The van der Waals surface area contributed by atoms with E-state index in [-0.39, 0.29) is 19.3 Å². The number of benzene rings is 1. The number of amides is 1. The molecule has 1 aliphatic heterocycles. The first-order valence-electron chi connectivity index (χ1n) is 9.17. The number of aromatic nitrogens is 3. The second kappa shape index (κ2) is 7.25. The van der Waals surface area contributed by atoms with Gasteiger partial charge in [0.25, 0.3) is 0 Å². The Morgan fingerprint density at radius 2 is 2.21 bits per heavy atom. The molecular formula is C20H23N5O4. The number of carbonyl (C=O) groups is 1. The van der Waals surface area contributed by atoms with Gasteiger partial charge < -0.3 is 24.4 Å². The van der Waals surface area contributed by atoms with Crippen LogP contribution >= 0.6 is 0 Å². The van der Waals surface area contributed by atoms with Crippen LogP contribution in [0.25, 0.3) is 22.0 Å². The Morgan fingerprint density at radius 3 is 2.83 bits per heavy atom. The van der Waals surface area contributed by atoms with Crippen LogP contribution in [0.5, 0.6) is 11.5 Å². The minimum absolute atomic E-state index is 0.0993. The zero-order valence-corrected chi connectivity index (χ0v) is 16.8. The van der Waals surface area contributed by atoms with Crippen molar-refractivity contribution < 1.29 is 19.4 Å². The first-order chi connectivity index (χ1) is 14.0. The van der Waals surface area contributed by atoms with E-state index in [2.05, 4.69) is 10.1 Å². The third-order valence-corrected chi connectivity index (χ3v) is 5.31. The number of hydrogen-bond acceptors (Lipinski definition) is 7. The molecular weight excluding hydrogens is 374 g/mol. The number of aliphatic hydroxyl groups is 1. The van der Waals surface area contributed by atoms with Crippen molar-refractivity contribution in [3.05, 3.63) is 24.7 Å². The second-order valence-corrected chi connectivity index (χ2v) is 7.05. The fourth-order valence-electron chi connectivity index (χ4n) is 3.72. The maximum absolute atomic E-state index is 11.5. The number of hydrogen-bond donors (Lipinski definition) is 1. The molecule has 1 N–H and O–H groups in total. The summed E-state index contributed by atoms with van der Waals surface area (Å²) in [7, 11) is 6.99. The predicted molar refractivity (Wildman–Crippen MR) is 110 cm³/mol. The SMILES string of the molecule is COc1cc2ncc(N(C)C=O)c3c2c(c1-c1cnn(C)c1)OCC(CO)N3C. The van der Waals surface area contributed by atoms with Crippen molar-refractivity contribution in [2.45, 2.75) is 6.04 Å². The Morgan fingerprint density at radius 1 is 1.41 bits per heavy atom. The van der Waals surface area contributed by atoms with Gasteiger partial charge in [-0.1, -0.05) is 0 Å². The topological polar surface area (TPSA) is 93.0 Å². The van der Waals surface area contributed by atoms with Crippen molar-refractivity contribution in [3.8, 4) is 22.6 Å².